The fourth-order valence-electron chi connectivity index (χ4n) is 1.81. The molecular weight excluding hydrogens is 286 g/mol. The summed E-state index contributed by atoms with van der Waals surface area (Å²) in [6, 6.07) is 12.6. The Morgan fingerprint density at radius 1 is 1.10 bits per heavy atom. The van der Waals surface area contributed by atoms with E-state index in [2.05, 4.69) is 42.8 Å². The van der Waals surface area contributed by atoms with Crippen LogP contribution >= 0.6 is 23.1 Å². The van der Waals surface area contributed by atoms with Crippen LogP contribution in [0.1, 0.15) is 23.1 Å². The quantitative estimate of drug-likeness (QED) is 0.571. The first-order chi connectivity index (χ1) is 9.81. The Hall–Kier alpha value is -0.970. The van der Waals surface area contributed by atoms with Crippen molar-refractivity contribution in [3.05, 3.63) is 46.2 Å². The molecule has 20 heavy (non-hydrogen) atoms. The molecule has 0 spiro atoms. The number of hydrogen-bond acceptors (Lipinski definition) is 4. The number of thioether (sulfide) groups is 1. The van der Waals surface area contributed by atoms with Crippen molar-refractivity contribution >= 4 is 23.1 Å². The van der Waals surface area contributed by atoms with E-state index >= 15 is 0 Å². The van der Waals surface area contributed by atoms with Gasteiger partial charge in [-0.25, -0.2) is 0 Å². The lowest BCUT2D eigenvalue weighted by molar-refractivity contribution is 0.309. The molecule has 0 saturated carbocycles. The summed E-state index contributed by atoms with van der Waals surface area (Å²) in [4.78, 5) is 3.90. The van der Waals surface area contributed by atoms with Gasteiger partial charge in [0.2, 0.25) is 0 Å². The number of thiophene rings is 1. The molecule has 1 heterocycles. The molecule has 0 atom stereocenters. The third kappa shape index (κ3) is 4.85. The smallest absolute Gasteiger partial charge is 0.122 e. The van der Waals surface area contributed by atoms with Gasteiger partial charge in [-0.15, -0.1) is 23.1 Å². The van der Waals surface area contributed by atoms with Crippen LogP contribution in [0.15, 0.2) is 41.3 Å². The zero-order valence-electron chi connectivity index (χ0n) is 12.0. The van der Waals surface area contributed by atoms with Crippen LogP contribution in [0, 0.1) is 0 Å². The lowest BCUT2D eigenvalue weighted by Gasteiger charge is -2.05. The fraction of sp³-hybridized carbons (Fsp3) is 0.375. The van der Waals surface area contributed by atoms with E-state index in [-0.39, 0.29) is 0 Å². The number of ether oxygens (including phenoxy) is 1. The summed E-state index contributed by atoms with van der Waals surface area (Å²) in [6.45, 7) is 4.87. The normalized spacial score (nSPS) is 10.7. The predicted molar refractivity (Wildman–Crippen MR) is 88.9 cm³/mol. The molecule has 0 aliphatic rings. The van der Waals surface area contributed by atoms with Crippen LogP contribution in [0.25, 0.3) is 0 Å². The highest BCUT2D eigenvalue weighted by molar-refractivity contribution is 7.98. The van der Waals surface area contributed by atoms with E-state index in [4.69, 9.17) is 4.74 Å². The second-order valence-electron chi connectivity index (χ2n) is 4.51. The lowest BCUT2D eigenvalue weighted by Crippen LogP contribution is -2.12. The van der Waals surface area contributed by atoms with E-state index in [1.54, 1.807) is 11.8 Å². The molecule has 0 aliphatic carbocycles. The summed E-state index contributed by atoms with van der Waals surface area (Å²) < 4.78 is 5.81. The highest BCUT2D eigenvalue weighted by Crippen LogP contribution is 2.22. The first kappa shape index (κ1) is 15.4. The number of benzene rings is 1. The molecular formula is C16H21NOS2. The Labute approximate surface area is 129 Å². The van der Waals surface area contributed by atoms with E-state index in [1.807, 2.05) is 23.5 Å². The van der Waals surface area contributed by atoms with Gasteiger partial charge < -0.3 is 10.1 Å². The van der Waals surface area contributed by atoms with Crippen molar-refractivity contribution in [3.8, 4) is 5.75 Å². The van der Waals surface area contributed by atoms with Crippen LogP contribution in [0.5, 0.6) is 5.75 Å². The maximum Gasteiger partial charge on any atom is 0.122 e. The molecule has 0 fully saturated rings. The molecule has 2 rings (SSSR count). The van der Waals surface area contributed by atoms with Crippen molar-refractivity contribution in [2.75, 3.05) is 12.8 Å². The fourth-order valence-corrected chi connectivity index (χ4v) is 3.12. The van der Waals surface area contributed by atoms with Gasteiger partial charge in [0.15, 0.2) is 0 Å². The SMILES string of the molecule is CCCNCc1ccc(COc2ccc(SC)cc2)s1. The summed E-state index contributed by atoms with van der Waals surface area (Å²) in [5.74, 6) is 0.932. The van der Waals surface area contributed by atoms with Gasteiger partial charge in [-0.1, -0.05) is 6.92 Å². The monoisotopic (exact) mass is 307 g/mol. The van der Waals surface area contributed by atoms with Crippen molar-refractivity contribution in [2.45, 2.75) is 31.4 Å². The van der Waals surface area contributed by atoms with Crippen LogP contribution in [-0.4, -0.2) is 12.8 Å². The van der Waals surface area contributed by atoms with Gasteiger partial charge >= 0.3 is 0 Å². The van der Waals surface area contributed by atoms with Crippen molar-refractivity contribution in [1.29, 1.82) is 0 Å². The molecule has 0 radical (unpaired) electrons. The Bertz CT molecular complexity index is 507. The summed E-state index contributed by atoms with van der Waals surface area (Å²) in [5, 5.41) is 3.42. The summed E-state index contributed by atoms with van der Waals surface area (Å²) in [5.41, 5.74) is 0. The van der Waals surface area contributed by atoms with Gasteiger partial charge in [-0.05, 0) is 55.6 Å². The zero-order valence-corrected chi connectivity index (χ0v) is 13.7. The molecule has 0 aliphatic heterocycles. The Kier molecular flexibility index (Phi) is 6.43. The minimum absolute atomic E-state index is 0.650. The van der Waals surface area contributed by atoms with Crippen molar-refractivity contribution < 1.29 is 4.74 Å². The first-order valence-corrected chi connectivity index (χ1v) is 8.91. The highest BCUT2D eigenvalue weighted by atomic mass is 32.2. The van der Waals surface area contributed by atoms with Gasteiger partial charge in [0.05, 0.1) is 0 Å². The first-order valence-electron chi connectivity index (χ1n) is 6.87. The van der Waals surface area contributed by atoms with E-state index in [0.717, 1.165) is 18.8 Å². The average Bonchev–Trinajstić information content (AvgIpc) is 2.94. The van der Waals surface area contributed by atoms with E-state index in [0.29, 0.717) is 6.61 Å². The van der Waals surface area contributed by atoms with Crippen molar-refractivity contribution in [1.82, 2.24) is 5.32 Å². The van der Waals surface area contributed by atoms with Gasteiger partial charge in [0, 0.05) is 21.2 Å². The molecule has 1 N–H and O–H groups in total. The second-order valence-corrected chi connectivity index (χ2v) is 6.64. The number of rotatable bonds is 8. The van der Waals surface area contributed by atoms with Crippen molar-refractivity contribution in [3.63, 3.8) is 0 Å². The standard InChI is InChI=1S/C16H21NOS2/c1-3-10-17-11-15-8-9-16(20-15)12-18-13-4-6-14(19-2)7-5-13/h4-9,17H,3,10-12H2,1-2H3. The lowest BCUT2D eigenvalue weighted by atomic mass is 10.3. The predicted octanol–water partition coefficient (Wildman–Crippen LogP) is 4.55. The maximum absolute atomic E-state index is 5.81. The van der Waals surface area contributed by atoms with Crippen LogP contribution in [0.3, 0.4) is 0 Å². The second kappa shape index (κ2) is 8.35. The average molecular weight is 307 g/mol. The third-order valence-electron chi connectivity index (χ3n) is 2.88. The van der Waals surface area contributed by atoms with Gasteiger partial charge in [-0.3, -0.25) is 0 Å². The van der Waals surface area contributed by atoms with Crippen LogP contribution in [-0.2, 0) is 13.2 Å². The Morgan fingerprint density at radius 3 is 2.55 bits per heavy atom. The zero-order chi connectivity index (χ0) is 14.2. The minimum atomic E-state index is 0.650. The van der Waals surface area contributed by atoms with Gasteiger partial charge in [-0.2, -0.15) is 0 Å². The Morgan fingerprint density at radius 2 is 1.85 bits per heavy atom. The summed E-state index contributed by atoms with van der Waals surface area (Å²) in [6.07, 6.45) is 3.25. The molecule has 4 heteroatoms. The topological polar surface area (TPSA) is 21.3 Å². The van der Waals surface area contributed by atoms with E-state index < -0.39 is 0 Å². The summed E-state index contributed by atoms with van der Waals surface area (Å²) >= 11 is 3.56. The molecule has 1 aromatic heterocycles. The molecule has 2 nitrogen and oxygen atoms in total. The van der Waals surface area contributed by atoms with Crippen LogP contribution in [0.4, 0.5) is 0 Å². The van der Waals surface area contributed by atoms with E-state index in [1.165, 1.54) is 21.1 Å². The minimum Gasteiger partial charge on any atom is -0.488 e. The van der Waals surface area contributed by atoms with Crippen LogP contribution < -0.4 is 10.1 Å². The third-order valence-corrected chi connectivity index (χ3v) is 4.69. The Balaban J connectivity index is 1.81. The molecule has 0 amide bonds. The molecule has 0 bridgehead atoms. The maximum atomic E-state index is 5.81. The molecule has 1 aromatic carbocycles. The van der Waals surface area contributed by atoms with Gasteiger partial charge in [0.25, 0.3) is 0 Å². The van der Waals surface area contributed by atoms with Gasteiger partial charge in [0.1, 0.15) is 12.4 Å². The number of nitrogens with one attached hydrogen (secondary N) is 1. The summed E-state index contributed by atoms with van der Waals surface area (Å²) in [7, 11) is 0. The highest BCUT2D eigenvalue weighted by Gasteiger charge is 2.01. The van der Waals surface area contributed by atoms with Crippen LogP contribution in [0.2, 0.25) is 0 Å². The van der Waals surface area contributed by atoms with Crippen molar-refractivity contribution in [2.24, 2.45) is 0 Å². The number of hydrogen-bond donors (Lipinski definition) is 1. The largest absolute Gasteiger partial charge is 0.488 e. The van der Waals surface area contributed by atoms with E-state index in [9.17, 15) is 0 Å². The molecule has 0 saturated heterocycles. The molecule has 0 unspecified atom stereocenters. The molecule has 108 valence electrons. The molecule has 2 aromatic rings.